The molecule has 7 nitrogen and oxygen atoms in total. The highest BCUT2D eigenvalue weighted by Gasteiger charge is 2.49. The first-order chi connectivity index (χ1) is 20.1. The average molecular weight is 547 g/mol. The van der Waals surface area contributed by atoms with E-state index in [-0.39, 0.29) is 29.8 Å². The number of hydrogen-bond acceptors (Lipinski definition) is 3. The standard InChI is InChI=1S/C34H34N4O3/c39-32(35-22-13-5-2-6-14-22)28(19-21-11-3-1-4-12-21)37-33(40)29-20-26-23-15-9-10-18-27(23)36-30(26)31-24-16-7-8-17-25(24)34(41)38(29)31/h1,3-4,7-12,15-18,22,28-29,31,36H,2,5-6,13-14,19-20H2,(H,35,39)(H,37,40)/t28-,29-,31?/m0/s1. The number of hydrogen-bond donors (Lipinski definition) is 3. The van der Waals surface area contributed by atoms with E-state index in [9.17, 15) is 14.4 Å². The Balaban J connectivity index is 1.22. The van der Waals surface area contributed by atoms with Crippen LogP contribution >= 0.6 is 0 Å². The number of rotatable bonds is 6. The summed E-state index contributed by atoms with van der Waals surface area (Å²) in [5.41, 5.74) is 5.50. The van der Waals surface area contributed by atoms with Gasteiger partial charge in [0.15, 0.2) is 0 Å². The molecule has 41 heavy (non-hydrogen) atoms. The largest absolute Gasteiger partial charge is 0.356 e. The van der Waals surface area contributed by atoms with Gasteiger partial charge in [-0.2, -0.15) is 0 Å². The highest BCUT2D eigenvalue weighted by Crippen LogP contribution is 2.46. The quantitative estimate of drug-likeness (QED) is 0.324. The van der Waals surface area contributed by atoms with Crippen LogP contribution in [0.5, 0.6) is 0 Å². The van der Waals surface area contributed by atoms with Gasteiger partial charge in [0.05, 0.1) is 6.04 Å². The molecular weight excluding hydrogens is 512 g/mol. The molecule has 7 heteroatoms. The molecule has 3 aromatic carbocycles. The fraction of sp³-hybridized carbons (Fsp3) is 0.324. The number of amides is 3. The zero-order valence-electron chi connectivity index (χ0n) is 22.9. The highest BCUT2D eigenvalue weighted by molar-refractivity contribution is 6.04. The van der Waals surface area contributed by atoms with Crippen LogP contribution in [0.3, 0.4) is 0 Å². The Hall–Kier alpha value is -4.39. The summed E-state index contributed by atoms with van der Waals surface area (Å²) in [5.74, 6) is -0.613. The Kier molecular flexibility index (Phi) is 6.57. The SMILES string of the molecule is O=C(NC1CCCCC1)[C@H](Cc1ccccc1)NC(=O)[C@@H]1Cc2c([nH]c3ccccc23)C2c3ccccc3C(=O)N21. The van der Waals surface area contributed by atoms with Crippen LogP contribution < -0.4 is 10.6 Å². The van der Waals surface area contributed by atoms with Crippen LogP contribution in [0.1, 0.15) is 70.9 Å². The number of H-pyrrole nitrogens is 1. The van der Waals surface area contributed by atoms with Crippen LogP contribution in [-0.2, 0) is 22.4 Å². The van der Waals surface area contributed by atoms with E-state index in [0.717, 1.165) is 59.0 Å². The van der Waals surface area contributed by atoms with Crippen LogP contribution in [-0.4, -0.2) is 45.7 Å². The molecule has 1 fully saturated rings. The number of carbonyl (C=O) groups is 3. The summed E-state index contributed by atoms with van der Waals surface area (Å²) in [4.78, 5) is 46.9. The van der Waals surface area contributed by atoms with Crippen LogP contribution in [0.2, 0.25) is 0 Å². The molecule has 1 aliphatic carbocycles. The van der Waals surface area contributed by atoms with E-state index in [1.165, 1.54) is 6.42 Å². The molecule has 1 aromatic heterocycles. The summed E-state index contributed by atoms with van der Waals surface area (Å²) in [5, 5.41) is 7.38. The van der Waals surface area contributed by atoms with Crippen molar-refractivity contribution < 1.29 is 14.4 Å². The van der Waals surface area contributed by atoms with E-state index in [4.69, 9.17) is 0 Å². The lowest BCUT2D eigenvalue weighted by molar-refractivity contribution is -0.132. The van der Waals surface area contributed by atoms with E-state index in [1.54, 1.807) is 4.90 Å². The molecule has 3 atom stereocenters. The first-order valence-electron chi connectivity index (χ1n) is 14.7. The van der Waals surface area contributed by atoms with E-state index in [2.05, 4.69) is 21.7 Å². The number of nitrogens with zero attached hydrogens (tertiary/aromatic N) is 1. The van der Waals surface area contributed by atoms with E-state index < -0.39 is 12.1 Å². The molecule has 3 aliphatic rings. The third-order valence-corrected chi connectivity index (χ3v) is 9.02. The maximum Gasteiger partial charge on any atom is 0.255 e. The number of fused-ring (bicyclic) bond motifs is 7. The molecule has 0 bridgehead atoms. The Labute approximate surface area is 239 Å². The second kappa shape index (κ2) is 10.5. The minimum absolute atomic E-state index is 0.133. The second-order valence-corrected chi connectivity index (χ2v) is 11.6. The normalized spacial score (nSPS) is 20.7. The van der Waals surface area contributed by atoms with Crippen molar-refractivity contribution in [2.24, 2.45) is 0 Å². The van der Waals surface area contributed by atoms with Gasteiger partial charge < -0.3 is 20.5 Å². The van der Waals surface area contributed by atoms with Crippen molar-refractivity contribution in [1.82, 2.24) is 20.5 Å². The summed E-state index contributed by atoms with van der Waals surface area (Å²) >= 11 is 0. The fourth-order valence-corrected chi connectivity index (χ4v) is 7.01. The third kappa shape index (κ3) is 4.59. The van der Waals surface area contributed by atoms with Crippen molar-refractivity contribution in [1.29, 1.82) is 0 Å². The third-order valence-electron chi connectivity index (χ3n) is 9.02. The number of benzene rings is 3. The predicted molar refractivity (Wildman–Crippen MR) is 157 cm³/mol. The van der Waals surface area contributed by atoms with Crippen molar-refractivity contribution in [3.63, 3.8) is 0 Å². The fourth-order valence-electron chi connectivity index (χ4n) is 7.01. The summed E-state index contributed by atoms with van der Waals surface area (Å²) < 4.78 is 0. The molecule has 3 heterocycles. The van der Waals surface area contributed by atoms with Gasteiger partial charge in [-0.15, -0.1) is 0 Å². The maximum atomic E-state index is 14.2. The molecule has 0 spiro atoms. The number of carbonyl (C=O) groups excluding carboxylic acids is 3. The Morgan fingerprint density at radius 3 is 2.46 bits per heavy atom. The summed E-state index contributed by atoms with van der Waals surface area (Å²) in [6.07, 6.45) is 6.10. The molecule has 208 valence electrons. The lowest BCUT2D eigenvalue weighted by atomic mass is 9.89. The topological polar surface area (TPSA) is 94.3 Å². The average Bonchev–Trinajstić information content (AvgIpc) is 3.53. The summed E-state index contributed by atoms with van der Waals surface area (Å²) in [7, 11) is 0. The zero-order valence-corrected chi connectivity index (χ0v) is 22.9. The van der Waals surface area contributed by atoms with Gasteiger partial charge in [-0.3, -0.25) is 14.4 Å². The van der Waals surface area contributed by atoms with Gasteiger partial charge in [0.2, 0.25) is 11.8 Å². The Morgan fingerprint density at radius 1 is 0.902 bits per heavy atom. The molecule has 2 aliphatic heterocycles. The van der Waals surface area contributed by atoms with Gasteiger partial charge in [0.25, 0.3) is 5.91 Å². The van der Waals surface area contributed by atoms with Crippen molar-refractivity contribution in [2.45, 2.75) is 69.1 Å². The van der Waals surface area contributed by atoms with Crippen LogP contribution in [0.15, 0.2) is 78.9 Å². The molecule has 4 aromatic rings. The molecule has 1 unspecified atom stereocenters. The summed E-state index contributed by atoms with van der Waals surface area (Å²) in [6.45, 7) is 0. The van der Waals surface area contributed by atoms with Crippen molar-refractivity contribution in [2.75, 3.05) is 0 Å². The smallest absolute Gasteiger partial charge is 0.255 e. The van der Waals surface area contributed by atoms with E-state index in [0.29, 0.717) is 18.4 Å². The van der Waals surface area contributed by atoms with E-state index >= 15 is 0 Å². The Morgan fingerprint density at radius 2 is 1.63 bits per heavy atom. The van der Waals surface area contributed by atoms with Crippen molar-refractivity contribution in [3.8, 4) is 0 Å². The highest BCUT2D eigenvalue weighted by atomic mass is 16.2. The maximum absolute atomic E-state index is 14.2. The molecule has 1 saturated carbocycles. The predicted octanol–water partition coefficient (Wildman–Crippen LogP) is 4.81. The van der Waals surface area contributed by atoms with E-state index in [1.807, 2.05) is 72.8 Å². The number of para-hydroxylation sites is 1. The second-order valence-electron chi connectivity index (χ2n) is 11.6. The van der Waals surface area contributed by atoms with Gasteiger partial charge in [-0.1, -0.05) is 86.0 Å². The van der Waals surface area contributed by atoms with Crippen LogP contribution in [0, 0.1) is 0 Å². The molecule has 0 radical (unpaired) electrons. The minimum atomic E-state index is -0.743. The number of aromatic amines is 1. The monoisotopic (exact) mass is 546 g/mol. The minimum Gasteiger partial charge on any atom is -0.356 e. The van der Waals surface area contributed by atoms with Gasteiger partial charge in [-0.25, -0.2) is 0 Å². The molecule has 3 N–H and O–H groups in total. The van der Waals surface area contributed by atoms with Gasteiger partial charge in [0.1, 0.15) is 12.1 Å². The molecular formula is C34H34N4O3. The van der Waals surface area contributed by atoms with Crippen molar-refractivity contribution >= 4 is 28.6 Å². The first-order valence-corrected chi connectivity index (χ1v) is 14.7. The van der Waals surface area contributed by atoms with Gasteiger partial charge in [0, 0.05) is 41.0 Å². The zero-order chi connectivity index (χ0) is 27.9. The first kappa shape index (κ1) is 25.6. The van der Waals surface area contributed by atoms with Gasteiger partial charge in [-0.05, 0) is 41.7 Å². The lowest BCUT2D eigenvalue weighted by Crippen LogP contribution is -2.57. The number of nitrogens with one attached hydrogen (secondary N) is 3. The lowest BCUT2D eigenvalue weighted by Gasteiger charge is -2.38. The number of aromatic nitrogens is 1. The molecule has 0 saturated heterocycles. The van der Waals surface area contributed by atoms with Crippen molar-refractivity contribution in [3.05, 3.63) is 107 Å². The van der Waals surface area contributed by atoms with Crippen LogP contribution in [0.25, 0.3) is 10.9 Å². The Bertz CT molecular complexity index is 1620. The molecule has 3 amide bonds. The van der Waals surface area contributed by atoms with Gasteiger partial charge >= 0.3 is 0 Å². The molecule has 7 rings (SSSR count). The summed E-state index contributed by atoms with van der Waals surface area (Å²) in [6, 6.07) is 23.7. The van der Waals surface area contributed by atoms with Crippen LogP contribution in [0.4, 0.5) is 0 Å².